The number of halogens is 1. The van der Waals surface area contributed by atoms with Crippen LogP contribution in [-0.2, 0) is 9.59 Å². The zero-order valence-electron chi connectivity index (χ0n) is 21.2. The Morgan fingerprint density at radius 3 is 2.10 bits per heavy atom. The number of hydrogen-bond acceptors (Lipinski definition) is 6. The number of nitrogens with zero attached hydrogens (tertiary/aromatic N) is 1. The molecule has 0 aromatic heterocycles. The molecule has 4 aromatic rings. The maximum Gasteiger partial charge on any atom is 0.346 e. The van der Waals surface area contributed by atoms with Gasteiger partial charge in [-0.05, 0) is 73.2 Å². The first-order valence-electron chi connectivity index (χ1n) is 12.0. The summed E-state index contributed by atoms with van der Waals surface area (Å²) in [5.41, 5.74) is 4.38. The van der Waals surface area contributed by atoms with Gasteiger partial charge in [-0.1, -0.05) is 42.0 Å². The van der Waals surface area contributed by atoms with Gasteiger partial charge in [-0.15, -0.1) is 0 Å². The average Bonchev–Trinajstić information content (AvgIpc) is 2.95. The summed E-state index contributed by atoms with van der Waals surface area (Å²) in [4.78, 5) is 49.5. The second kappa shape index (κ2) is 12.7. The molecular weight excluding hydrogens is 515 g/mol. The number of hydrogen-bond donors (Lipinski definition) is 3. The van der Waals surface area contributed by atoms with E-state index in [4.69, 9.17) is 4.74 Å². The fraction of sp³-hybridized carbons (Fsp3) is 0.0333. The molecule has 4 aromatic carbocycles. The first-order valence-corrected chi connectivity index (χ1v) is 12.0. The Bertz CT molecular complexity index is 1580. The summed E-state index contributed by atoms with van der Waals surface area (Å²) in [6, 6.07) is 25.0. The van der Waals surface area contributed by atoms with Crippen molar-refractivity contribution >= 4 is 41.3 Å². The third kappa shape index (κ3) is 7.23. The number of carbonyl (C=O) groups excluding carboxylic acids is 4. The minimum Gasteiger partial charge on any atom is -0.423 e. The van der Waals surface area contributed by atoms with E-state index in [0.717, 1.165) is 11.6 Å². The summed E-state index contributed by atoms with van der Waals surface area (Å²) >= 11 is 0. The van der Waals surface area contributed by atoms with Gasteiger partial charge >= 0.3 is 17.8 Å². The molecule has 0 saturated heterocycles. The van der Waals surface area contributed by atoms with E-state index in [1.165, 1.54) is 48.7 Å². The average molecular weight is 539 g/mol. The SMILES string of the molecule is Cc1ccc(NC(=O)c2ccccc2NC(=O)C(=O)N/N=C/c2ccc(OC(=O)c3ccccc3F)cc2)cc1. The summed E-state index contributed by atoms with van der Waals surface area (Å²) in [6.07, 6.45) is 1.27. The van der Waals surface area contributed by atoms with Gasteiger partial charge in [0.05, 0.1) is 23.0 Å². The zero-order valence-corrected chi connectivity index (χ0v) is 21.2. The van der Waals surface area contributed by atoms with E-state index in [1.807, 2.05) is 19.1 Å². The number of amides is 3. The molecule has 0 aliphatic carbocycles. The number of carbonyl (C=O) groups is 4. The summed E-state index contributed by atoms with van der Waals surface area (Å²) < 4.78 is 18.9. The normalized spacial score (nSPS) is 10.6. The molecule has 4 rings (SSSR count). The topological polar surface area (TPSA) is 126 Å². The van der Waals surface area contributed by atoms with Crippen LogP contribution in [0.5, 0.6) is 5.75 Å². The lowest BCUT2D eigenvalue weighted by molar-refractivity contribution is -0.136. The predicted octanol–water partition coefficient (Wildman–Crippen LogP) is 4.69. The Morgan fingerprint density at radius 2 is 1.40 bits per heavy atom. The van der Waals surface area contributed by atoms with Crippen LogP contribution in [0.15, 0.2) is 102 Å². The second-order valence-corrected chi connectivity index (χ2v) is 8.46. The van der Waals surface area contributed by atoms with Crippen molar-refractivity contribution in [2.24, 2.45) is 5.10 Å². The third-order valence-electron chi connectivity index (χ3n) is 5.50. The van der Waals surface area contributed by atoms with Crippen LogP contribution in [0.25, 0.3) is 0 Å². The van der Waals surface area contributed by atoms with E-state index in [0.29, 0.717) is 11.3 Å². The monoisotopic (exact) mass is 538 g/mol. The van der Waals surface area contributed by atoms with E-state index < -0.39 is 29.5 Å². The largest absolute Gasteiger partial charge is 0.423 e. The number of benzene rings is 4. The molecule has 3 amide bonds. The highest BCUT2D eigenvalue weighted by molar-refractivity contribution is 6.40. The maximum absolute atomic E-state index is 13.7. The standard InChI is InChI=1S/C30H23FN4O5/c1-19-10-14-21(15-11-19)33-27(36)24-7-3-5-9-26(24)34-28(37)29(38)35-32-18-20-12-16-22(17-13-20)40-30(39)23-6-2-4-8-25(23)31/h2-18H,1H3,(H,33,36)(H,34,37)(H,35,38)/b32-18+. The molecule has 200 valence electrons. The number of rotatable bonds is 7. The number of esters is 1. The number of hydrazone groups is 1. The molecule has 0 heterocycles. The van der Waals surface area contributed by atoms with Crippen molar-refractivity contribution in [2.75, 3.05) is 10.6 Å². The van der Waals surface area contributed by atoms with Crippen LogP contribution in [0.4, 0.5) is 15.8 Å². The quantitative estimate of drug-likeness (QED) is 0.103. The molecular formula is C30H23FN4O5. The van der Waals surface area contributed by atoms with E-state index in [9.17, 15) is 23.6 Å². The zero-order chi connectivity index (χ0) is 28.5. The first-order chi connectivity index (χ1) is 19.3. The Hall–Kier alpha value is -5.64. The Morgan fingerprint density at radius 1 is 0.750 bits per heavy atom. The highest BCUT2D eigenvalue weighted by atomic mass is 19.1. The van der Waals surface area contributed by atoms with Gasteiger partial charge in [0.15, 0.2) is 0 Å². The van der Waals surface area contributed by atoms with Crippen LogP contribution < -0.4 is 20.8 Å². The molecule has 3 N–H and O–H groups in total. The molecule has 40 heavy (non-hydrogen) atoms. The number of ether oxygens (including phenoxy) is 1. The number of aryl methyl sites for hydroxylation is 1. The molecule has 0 aliphatic heterocycles. The highest BCUT2D eigenvalue weighted by Gasteiger charge is 2.18. The Labute approximate surface area is 228 Å². The van der Waals surface area contributed by atoms with Crippen molar-refractivity contribution in [2.45, 2.75) is 6.92 Å². The van der Waals surface area contributed by atoms with Gasteiger partial charge < -0.3 is 15.4 Å². The van der Waals surface area contributed by atoms with Crippen LogP contribution in [0.3, 0.4) is 0 Å². The third-order valence-corrected chi connectivity index (χ3v) is 5.50. The Balaban J connectivity index is 1.31. The van der Waals surface area contributed by atoms with E-state index in [1.54, 1.807) is 36.4 Å². The minimum absolute atomic E-state index is 0.150. The summed E-state index contributed by atoms with van der Waals surface area (Å²) in [5, 5.41) is 8.92. The molecule has 0 bridgehead atoms. The van der Waals surface area contributed by atoms with Gasteiger partial charge in [0, 0.05) is 5.69 Å². The molecule has 0 spiro atoms. The predicted molar refractivity (Wildman–Crippen MR) is 148 cm³/mol. The van der Waals surface area contributed by atoms with Crippen molar-refractivity contribution in [1.82, 2.24) is 5.43 Å². The van der Waals surface area contributed by atoms with Crippen LogP contribution in [-0.4, -0.2) is 29.9 Å². The molecule has 9 nitrogen and oxygen atoms in total. The van der Waals surface area contributed by atoms with E-state index in [-0.39, 0.29) is 22.6 Å². The molecule has 0 radical (unpaired) electrons. The molecule has 0 fully saturated rings. The van der Waals surface area contributed by atoms with Gasteiger partial charge in [0.1, 0.15) is 11.6 Å². The van der Waals surface area contributed by atoms with Gasteiger partial charge in [-0.3, -0.25) is 14.4 Å². The molecule has 0 atom stereocenters. The summed E-state index contributed by atoms with van der Waals surface area (Å²) in [6.45, 7) is 1.93. The lowest BCUT2D eigenvalue weighted by Crippen LogP contribution is -2.33. The lowest BCUT2D eigenvalue weighted by Gasteiger charge is -2.11. The second-order valence-electron chi connectivity index (χ2n) is 8.46. The van der Waals surface area contributed by atoms with Crippen molar-refractivity contribution in [1.29, 1.82) is 0 Å². The smallest absolute Gasteiger partial charge is 0.346 e. The van der Waals surface area contributed by atoms with Gasteiger partial charge in [-0.2, -0.15) is 5.10 Å². The van der Waals surface area contributed by atoms with Crippen LogP contribution >= 0.6 is 0 Å². The Kier molecular flexibility index (Phi) is 8.73. The highest BCUT2D eigenvalue weighted by Crippen LogP contribution is 2.18. The van der Waals surface area contributed by atoms with E-state index >= 15 is 0 Å². The number of nitrogens with one attached hydrogen (secondary N) is 3. The van der Waals surface area contributed by atoms with Crippen LogP contribution in [0, 0.1) is 12.7 Å². The van der Waals surface area contributed by atoms with E-state index in [2.05, 4.69) is 21.2 Å². The van der Waals surface area contributed by atoms with Crippen molar-refractivity contribution in [3.8, 4) is 5.75 Å². The maximum atomic E-state index is 13.7. The van der Waals surface area contributed by atoms with Gasteiger partial charge in [0.25, 0.3) is 5.91 Å². The number of para-hydroxylation sites is 1. The lowest BCUT2D eigenvalue weighted by atomic mass is 10.1. The van der Waals surface area contributed by atoms with Gasteiger partial charge in [0.2, 0.25) is 0 Å². The first kappa shape index (κ1) is 27.4. The molecule has 0 unspecified atom stereocenters. The molecule has 0 aliphatic rings. The van der Waals surface area contributed by atoms with Crippen molar-refractivity contribution < 1.29 is 28.3 Å². The summed E-state index contributed by atoms with van der Waals surface area (Å²) in [5.74, 6) is -3.89. The van der Waals surface area contributed by atoms with Crippen LogP contribution in [0.1, 0.15) is 31.8 Å². The fourth-order valence-corrected chi connectivity index (χ4v) is 3.43. The van der Waals surface area contributed by atoms with Crippen molar-refractivity contribution in [3.05, 3.63) is 125 Å². The van der Waals surface area contributed by atoms with Crippen molar-refractivity contribution in [3.63, 3.8) is 0 Å². The molecule has 10 heteroatoms. The summed E-state index contributed by atoms with van der Waals surface area (Å²) in [7, 11) is 0. The fourth-order valence-electron chi connectivity index (χ4n) is 3.43. The number of anilines is 2. The van der Waals surface area contributed by atoms with Gasteiger partial charge in [-0.25, -0.2) is 14.6 Å². The van der Waals surface area contributed by atoms with Crippen LogP contribution in [0.2, 0.25) is 0 Å². The minimum atomic E-state index is -1.06. The molecule has 0 saturated carbocycles.